The lowest BCUT2D eigenvalue weighted by Crippen LogP contribution is -2.32. The van der Waals surface area contributed by atoms with Gasteiger partial charge in [-0.25, -0.2) is 9.59 Å². The lowest BCUT2D eigenvalue weighted by atomic mass is 10.1. The van der Waals surface area contributed by atoms with Gasteiger partial charge in [0.2, 0.25) is 0 Å². The zero-order chi connectivity index (χ0) is 15.4. The summed E-state index contributed by atoms with van der Waals surface area (Å²) in [6.07, 6.45) is 0. The van der Waals surface area contributed by atoms with E-state index in [1.807, 2.05) is 0 Å². The molecule has 0 aliphatic carbocycles. The number of amides is 2. The zero-order valence-corrected chi connectivity index (χ0v) is 11.3. The van der Waals surface area contributed by atoms with E-state index in [0.717, 1.165) is 4.90 Å². The highest BCUT2D eigenvalue weighted by Crippen LogP contribution is 2.35. The third-order valence-corrected chi connectivity index (χ3v) is 2.92. The topological polar surface area (TPSA) is 92.9 Å². The number of nitrogens with two attached hydrogens (primary N) is 1. The van der Waals surface area contributed by atoms with Crippen LogP contribution in [0.15, 0.2) is 48.5 Å². The number of hydrogen-bond donors (Lipinski definition) is 2. The maximum absolute atomic E-state index is 11.8. The molecule has 0 saturated carbocycles. The number of carbonyl (C=O) groups excluding carboxylic acids is 1. The third kappa shape index (κ3) is 2.79. The lowest BCUT2D eigenvalue weighted by molar-refractivity contribution is 0.0698. The third-order valence-electron chi connectivity index (χ3n) is 2.92. The molecule has 0 saturated heterocycles. The van der Waals surface area contributed by atoms with Gasteiger partial charge in [0.15, 0.2) is 0 Å². The second-order valence-electron chi connectivity index (χ2n) is 4.17. The molecule has 2 rings (SSSR count). The molecule has 0 spiro atoms. The van der Waals surface area contributed by atoms with Crippen LogP contribution in [0.1, 0.15) is 10.4 Å². The van der Waals surface area contributed by atoms with Crippen molar-refractivity contribution in [3.63, 3.8) is 0 Å². The van der Waals surface area contributed by atoms with Crippen LogP contribution in [0.25, 0.3) is 0 Å². The maximum Gasteiger partial charge on any atom is 0.337 e. The van der Waals surface area contributed by atoms with Gasteiger partial charge in [-0.3, -0.25) is 4.90 Å². The molecular formula is C15H14N2O4. The van der Waals surface area contributed by atoms with Crippen molar-refractivity contribution >= 4 is 23.4 Å². The molecule has 6 nitrogen and oxygen atoms in total. The Bertz CT molecular complexity index is 685. The Kier molecular flexibility index (Phi) is 4.08. The van der Waals surface area contributed by atoms with Crippen molar-refractivity contribution in [1.82, 2.24) is 0 Å². The number of primary amides is 1. The first-order valence-corrected chi connectivity index (χ1v) is 6.11. The van der Waals surface area contributed by atoms with Gasteiger partial charge in [-0.2, -0.15) is 0 Å². The van der Waals surface area contributed by atoms with Crippen molar-refractivity contribution in [3.8, 4) is 5.75 Å². The number of anilines is 2. The van der Waals surface area contributed by atoms with Gasteiger partial charge in [-0.15, -0.1) is 0 Å². The van der Waals surface area contributed by atoms with Crippen molar-refractivity contribution < 1.29 is 19.4 Å². The normalized spacial score (nSPS) is 9.95. The molecule has 21 heavy (non-hydrogen) atoms. The predicted molar refractivity (Wildman–Crippen MR) is 78.1 cm³/mol. The molecule has 3 N–H and O–H groups in total. The minimum Gasteiger partial charge on any atom is -0.495 e. The number of hydrogen-bond acceptors (Lipinski definition) is 3. The molecule has 0 aliphatic rings. The van der Waals surface area contributed by atoms with E-state index in [4.69, 9.17) is 10.5 Å². The summed E-state index contributed by atoms with van der Waals surface area (Å²) in [6.45, 7) is 0. The molecule has 0 atom stereocenters. The molecule has 108 valence electrons. The first-order chi connectivity index (χ1) is 10.1. The highest BCUT2D eigenvalue weighted by atomic mass is 16.5. The molecule has 2 amide bonds. The van der Waals surface area contributed by atoms with Crippen LogP contribution in [0.5, 0.6) is 5.75 Å². The van der Waals surface area contributed by atoms with Gasteiger partial charge in [-0.05, 0) is 24.3 Å². The molecule has 0 aliphatic heterocycles. The number of carbonyl (C=O) groups is 2. The van der Waals surface area contributed by atoms with Gasteiger partial charge in [-0.1, -0.05) is 24.3 Å². The van der Waals surface area contributed by atoms with Crippen molar-refractivity contribution in [2.45, 2.75) is 0 Å². The predicted octanol–water partition coefficient (Wildman–Crippen LogP) is 2.61. The van der Waals surface area contributed by atoms with E-state index < -0.39 is 12.0 Å². The number of methoxy groups -OCH3 is 1. The molecule has 0 radical (unpaired) electrons. The lowest BCUT2D eigenvalue weighted by Gasteiger charge is -2.24. The van der Waals surface area contributed by atoms with Gasteiger partial charge >= 0.3 is 12.0 Å². The highest BCUT2D eigenvalue weighted by molar-refractivity contribution is 6.06. The highest BCUT2D eigenvalue weighted by Gasteiger charge is 2.23. The van der Waals surface area contributed by atoms with E-state index >= 15 is 0 Å². The average molecular weight is 286 g/mol. The van der Waals surface area contributed by atoms with E-state index in [-0.39, 0.29) is 11.3 Å². The van der Waals surface area contributed by atoms with Gasteiger partial charge in [0.05, 0.1) is 24.0 Å². The van der Waals surface area contributed by atoms with Gasteiger partial charge in [0.25, 0.3) is 0 Å². The number of nitrogens with zero attached hydrogens (tertiary/aromatic N) is 1. The van der Waals surface area contributed by atoms with E-state index in [9.17, 15) is 14.7 Å². The largest absolute Gasteiger partial charge is 0.495 e. The Morgan fingerprint density at radius 1 is 1.05 bits per heavy atom. The minimum absolute atomic E-state index is 0.0257. The average Bonchev–Trinajstić information content (AvgIpc) is 2.48. The number of rotatable bonds is 4. The smallest absolute Gasteiger partial charge is 0.337 e. The second-order valence-corrected chi connectivity index (χ2v) is 4.17. The van der Waals surface area contributed by atoms with Crippen LogP contribution in [-0.4, -0.2) is 24.2 Å². The molecule has 2 aromatic carbocycles. The number of carboxylic acids is 1. The minimum atomic E-state index is -1.15. The molecule has 6 heteroatoms. The molecule has 0 unspecified atom stereocenters. The summed E-state index contributed by atoms with van der Waals surface area (Å²) in [5.74, 6) is -0.733. The van der Waals surface area contributed by atoms with E-state index in [1.54, 1.807) is 36.4 Å². The fraction of sp³-hybridized carbons (Fsp3) is 0.0667. The monoisotopic (exact) mass is 286 g/mol. The van der Waals surface area contributed by atoms with Crippen LogP contribution >= 0.6 is 0 Å². The Balaban J connectivity index is 2.66. The summed E-state index contributed by atoms with van der Waals surface area (Å²) in [7, 11) is 1.46. The Morgan fingerprint density at radius 3 is 2.19 bits per heavy atom. The Labute approximate surface area is 121 Å². The molecule has 0 aromatic heterocycles. The van der Waals surface area contributed by atoms with Gasteiger partial charge in [0.1, 0.15) is 5.75 Å². The quantitative estimate of drug-likeness (QED) is 0.903. The zero-order valence-electron chi connectivity index (χ0n) is 11.3. The number of benzene rings is 2. The van der Waals surface area contributed by atoms with Crippen LogP contribution in [-0.2, 0) is 0 Å². The summed E-state index contributed by atoms with van der Waals surface area (Å²) < 4.78 is 5.20. The maximum atomic E-state index is 11.8. The number of aromatic carboxylic acids is 1. The standard InChI is InChI=1S/C15H14N2O4/c1-21-13-9-5-4-8-12(13)17(15(16)20)11-7-3-2-6-10(11)14(18)19/h2-9H,1H3,(H2,16,20)(H,18,19). The van der Waals surface area contributed by atoms with Crippen molar-refractivity contribution in [2.75, 3.05) is 12.0 Å². The summed E-state index contributed by atoms with van der Waals surface area (Å²) in [4.78, 5) is 24.3. The molecule has 0 fully saturated rings. The fourth-order valence-electron chi connectivity index (χ4n) is 2.03. The van der Waals surface area contributed by atoms with Gasteiger partial charge in [0, 0.05) is 0 Å². The van der Waals surface area contributed by atoms with Crippen molar-refractivity contribution in [1.29, 1.82) is 0 Å². The number of carboxylic acid groups (broad SMARTS) is 1. The van der Waals surface area contributed by atoms with Crippen molar-refractivity contribution in [3.05, 3.63) is 54.1 Å². The summed E-state index contributed by atoms with van der Waals surface area (Å²) >= 11 is 0. The van der Waals surface area contributed by atoms with E-state index in [2.05, 4.69) is 0 Å². The molecule has 0 heterocycles. The summed E-state index contributed by atoms with van der Waals surface area (Å²) in [6, 6.07) is 12.1. The van der Waals surface area contributed by atoms with Crippen LogP contribution in [0.2, 0.25) is 0 Å². The molecular weight excluding hydrogens is 272 g/mol. The molecule has 2 aromatic rings. The van der Waals surface area contributed by atoms with Crippen LogP contribution in [0.4, 0.5) is 16.2 Å². The summed E-state index contributed by atoms with van der Waals surface area (Å²) in [5, 5.41) is 9.26. The van der Waals surface area contributed by atoms with E-state index in [0.29, 0.717) is 11.4 Å². The van der Waals surface area contributed by atoms with Gasteiger partial charge < -0.3 is 15.6 Å². The number of urea groups is 1. The van der Waals surface area contributed by atoms with E-state index in [1.165, 1.54) is 19.2 Å². The fourth-order valence-corrected chi connectivity index (χ4v) is 2.03. The number of para-hydroxylation sites is 3. The summed E-state index contributed by atoms with van der Waals surface area (Å²) in [5.41, 5.74) is 5.96. The second kappa shape index (κ2) is 5.96. The van der Waals surface area contributed by atoms with Crippen LogP contribution < -0.4 is 15.4 Å². The van der Waals surface area contributed by atoms with Crippen molar-refractivity contribution in [2.24, 2.45) is 5.73 Å². The first-order valence-electron chi connectivity index (χ1n) is 6.11. The Hall–Kier alpha value is -3.02. The SMILES string of the molecule is COc1ccccc1N(C(N)=O)c1ccccc1C(=O)O. The van der Waals surface area contributed by atoms with Crippen LogP contribution in [0, 0.1) is 0 Å². The van der Waals surface area contributed by atoms with Crippen LogP contribution in [0.3, 0.4) is 0 Å². The number of ether oxygens (including phenoxy) is 1. The molecule has 0 bridgehead atoms. The first kappa shape index (κ1) is 14.4. The Morgan fingerprint density at radius 2 is 1.62 bits per heavy atom.